The lowest BCUT2D eigenvalue weighted by molar-refractivity contribution is -0.122. The fourth-order valence-electron chi connectivity index (χ4n) is 2.48. The third-order valence-corrected chi connectivity index (χ3v) is 3.40. The predicted octanol–water partition coefficient (Wildman–Crippen LogP) is 2.77. The van der Waals surface area contributed by atoms with Gasteiger partial charge in [-0.3, -0.25) is 4.79 Å². The SMILES string of the molecule is CC(C)(C)OC(=O)NCC1CC(=O)CCC1NC(=O)OC(C)(C)C. The van der Waals surface area contributed by atoms with Crippen LogP contribution in [-0.4, -0.2) is 41.8 Å². The summed E-state index contributed by atoms with van der Waals surface area (Å²) >= 11 is 0. The van der Waals surface area contributed by atoms with Gasteiger partial charge in [-0.05, 0) is 48.0 Å². The quantitative estimate of drug-likeness (QED) is 0.822. The molecule has 7 heteroatoms. The summed E-state index contributed by atoms with van der Waals surface area (Å²) in [4.78, 5) is 35.4. The number of nitrogens with one attached hydrogen (secondary N) is 2. The topological polar surface area (TPSA) is 93.7 Å². The number of carbonyl (C=O) groups excluding carboxylic acids is 3. The minimum Gasteiger partial charge on any atom is -0.444 e. The third kappa shape index (κ3) is 8.17. The van der Waals surface area contributed by atoms with Crippen molar-refractivity contribution in [3.63, 3.8) is 0 Å². The molecule has 0 aromatic heterocycles. The summed E-state index contributed by atoms with van der Waals surface area (Å²) in [6.45, 7) is 11.0. The van der Waals surface area contributed by atoms with Gasteiger partial charge in [-0.1, -0.05) is 0 Å². The van der Waals surface area contributed by atoms with Crippen LogP contribution >= 0.6 is 0 Å². The van der Waals surface area contributed by atoms with Crippen LogP contribution in [0.2, 0.25) is 0 Å². The highest BCUT2D eigenvalue weighted by Gasteiger charge is 2.32. The van der Waals surface area contributed by atoms with Crippen molar-refractivity contribution in [3.05, 3.63) is 0 Å². The van der Waals surface area contributed by atoms with Gasteiger partial charge < -0.3 is 20.1 Å². The Morgan fingerprint density at radius 1 is 1.04 bits per heavy atom. The molecule has 0 spiro atoms. The van der Waals surface area contributed by atoms with Crippen LogP contribution in [0.5, 0.6) is 0 Å². The van der Waals surface area contributed by atoms with Gasteiger partial charge in [0.2, 0.25) is 0 Å². The highest BCUT2D eigenvalue weighted by molar-refractivity contribution is 5.80. The Balaban J connectivity index is 2.58. The Labute approximate surface area is 143 Å². The average Bonchev–Trinajstić information content (AvgIpc) is 2.34. The van der Waals surface area contributed by atoms with E-state index in [1.165, 1.54) is 0 Å². The number of carbonyl (C=O) groups is 3. The van der Waals surface area contributed by atoms with E-state index in [9.17, 15) is 14.4 Å². The summed E-state index contributed by atoms with van der Waals surface area (Å²) in [5, 5.41) is 5.49. The van der Waals surface area contributed by atoms with Crippen molar-refractivity contribution < 1.29 is 23.9 Å². The molecule has 1 fully saturated rings. The lowest BCUT2D eigenvalue weighted by atomic mass is 9.83. The van der Waals surface area contributed by atoms with Crippen molar-refractivity contribution in [3.8, 4) is 0 Å². The van der Waals surface area contributed by atoms with Gasteiger partial charge >= 0.3 is 12.2 Å². The van der Waals surface area contributed by atoms with Crippen LogP contribution < -0.4 is 10.6 Å². The standard InChI is InChI=1S/C17H30N2O5/c1-16(2,3)23-14(21)18-10-11-9-12(20)7-8-13(11)19-15(22)24-17(4,5)6/h11,13H,7-10H2,1-6H3,(H,18,21)(H,19,22). The highest BCUT2D eigenvalue weighted by atomic mass is 16.6. The Kier molecular flexibility index (Phi) is 6.63. The molecule has 24 heavy (non-hydrogen) atoms. The minimum absolute atomic E-state index is 0.133. The molecule has 1 aliphatic rings. The maximum Gasteiger partial charge on any atom is 0.407 e. The molecule has 2 N–H and O–H groups in total. The zero-order valence-corrected chi connectivity index (χ0v) is 15.5. The summed E-state index contributed by atoms with van der Waals surface area (Å²) in [5.74, 6) is -0.0421. The molecule has 1 aliphatic carbocycles. The van der Waals surface area contributed by atoms with E-state index in [-0.39, 0.29) is 24.3 Å². The molecular weight excluding hydrogens is 312 g/mol. The first-order valence-electron chi connectivity index (χ1n) is 8.34. The van der Waals surface area contributed by atoms with Crippen molar-refractivity contribution in [1.82, 2.24) is 10.6 Å². The Morgan fingerprint density at radius 3 is 2.12 bits per heavy atom. The van der Waals surface area contributed by atoms with Crippen LogP contribution in [0.3, 0.4) is 0 Å². The number of amides is 2. The van der Waals surface area contributed by atoms with Crippen LogP contribution in [0.1, 0.15) is 60.8 Å². The smallest absolute Gasteiger partial charge is 0.407 e. The molecule has 0 radical (unpaired) electrons. The van der Waals surface area contributed by atoms with Crippen molar-refractivity contribution in [2.24, 2.45) is 5.92 Å². The van der Waals surface area contributed by atoms with E-state index in [0.717, 1.165) is 0 Å². The number of hydrogen-bond donors (Lipinski definition) is 2. The van der Waals surface area contributed by atoms with E-state index in [1.54, 1.807) is 41.5 Å². The Bertz CT molecular complexity index is 476. The summed E-state index contributed by atoms with van der Waals surface area (Å²) in [6, 6.07) is -0.215. The summed E-state index contributed by atoms with van der Waals surface area (Å²) < 4.78 is 10.5. The number of Topliss-reactive ketones (excluding diaryl/α,β-unsaturated/α-hetero) is 1. The van der Waals surface area contributed by atoms with Gasteiger partial charge in [0.25, 0.3) is 0 Å². The normalized spacial score (nSPS) is 21.8. The van der Waals surface area contributed by atoms with Gasteiger partial charge in [-0.15, -0.1) is 0 Å². The fourth-order valence-corrected chi connectivity index (χ4v) is 2.48. The minimum atomic E-state index is -0.584. The van der Waals surface area contributed by atoms with E-state index in [4.69, 9.17) is 9.47 Å². The summed E-state index contributed by atoms with van der Waals surface area (Å²) in [5.41, 5.74) is -1.17. The largest absolute Gasteiger partial charge is 0.444 e. The maximum absolute atomic E-state index is 11.9. The number of alkyl carbamates (subject to hydrolysis) is 2. The zero-order valence-electron chi connectivity index (χ0n) is 15.5. The molecule has 0 aromatic carbocycles. The summed E-state index contributed by atoms with van der Waals surface area (Å²) in [6.07, 6.45) is 0.235. The molecule has 2 atom stereocenters. The van der Waals surface area contributed by atoms with Crippen LogP contribution in [0.15, 0.2) is 0 Å². The lowest BCUT2D eigenvalue weighted by Crippen LogP contribution is -2.49. The van der Waals surface area contributed by atoms with E-state index in [0.29, 0.717) is 19.3 Å². The fraction of sp³-hybridized carbons (Fsp3) is 0.824. The van der Waals surface area contributed by atoms with Crippen molar-refractivity contribution in [2.75, 3.05) is 6.54 Å². The molecule has 0 heterocycles. The third-order valence-electron chi connectivity index (χ3n) is 3.40. The van der Waals surface area contributed by atoms with Crippen LogP contribution in [-0.2, 0) is 14.3 Å². The van der Waals surface area contributed by atoms with E-state index >= 15 is 0 Å². The zero-order chi connectivity index (χ0) is 18.5. The molecule has 7 nitrogen and oxygen atoms in total. The second-order valence-electron chi connectivity index (χ2n) is 8.18. The number of ketones is 1. The number of ether oxygens (including phenoxy) is 2. The molecular formula is C17H30N2O5. The molecule has 2 amide bonds. The van der Waals surface area contributed by atoms with E-state index in [2.05, 4.69) is 10.6 Å². The van der Waals surface area contributed by atoms with Gasteiger partial charge in [0.05, 0.1) is 0 Å². The molecule has 0 aliphatic heterocycles. The van der Waals surface area contributed by atoms with Gasteiger partial charge in [-0.25, -0.2) is 9.59 Å². The van der Waals surface area contributed by atoms with E-state index in [1.807, 2.05) is 0 Å². The second kappa shape index (κ2) is 7.85. The first kappa shape index (κ1) is 20.3. The van der Waals surface area contributed by atoms with Crippen LogP contribution in [0, 0.1) is 5.92 Å². The van der Waals surface area contributed by atoms with Gasteiger partial charge in [0.15, 0.2) is 0 Å². The second-order valence-corrected chi connectivity index (χ2v) is 8.18. The number of hydrogen-bond acceptors (Lipinski definition) is 5. The monoisotopic (exact) mass is 342 g/mol. The molecule has 0 aromatic rings. The van der Waals surface area contributed by atoms with Crippen molar-refractivity contribution >= 4 is 18.0 Å². The Hall–Kier alpha value is -1.79. The molecule has 0 saturated heterocycles. The molecule has 138 valence electrons. The highest BCUT2D eigenvalue weighted by Crippen LogP contribution is 2.22. The van der Waals surface area contributed by atoms with Crippen LogP contribution in [0.4, 0.5) is 9.59 Å². The Morgan fingerprint density at radius 2 is 1.58 bits per heavy atom. The summed E-state index contributed by atoms with van der Waals surface area (Å²) in [7, 11) is 0. The van der Waals surface area contributed by atoms with Gasteiger partial charge in [0, 0.05) is 31.3 Å². The van der Waals surface area contributed by atoms with Gasteiger partial charge in [-0.2, -0.15) is 0 Å². The molecule has 1 rings (SSSR count). The molecule has 0 bridgehead atoms. The first-order valence-corrected chi connectivity index (χ1v) is 8.34. The molecule has 2 unspecified atom stereocenters. The average molecular weight is 342 g/mol. The van der Waals surface area contributed by atoms with E-state index < -0.39 is 23.4 Å². The number of rotatable bonds is 3. The maximum atomic E-state index is 11.9. The predicted molar refractivity (Wildman–Crippen MR) is 89.7 cm³/mol. The van der Waals surface area contributed by atoms with Crippen molar-refractivity contribution in [1.29, 1.82) is 0 Å². The lowest BCUT2D eigenvalue weighted by Gasteiger charge is -2.32. The van der Waals surface area contributed by atoms with Crippen molar-refractivity contribution in [2.45, 2.75) is 78.0 Å². The van der Waals surface area contributed by atoms with Gasteiger partial charge in [0.1, 0.15) is 17.0 Å². The first-order chi connectivity index (χ1) is 10.9. The van der Waals surface area contributed by atoms with Crippen LogP contribution in [0.25, 0.3) is 0 Å². The molecule has 1 saturated carbocycles.